The molecule has 0 aliphatic rings. The molecule has 1 heterocycles. The Hall–Kier alpha value is -3.80. The van der Waals surface area contributed by atoms with Crippen LogP contribution in [-0.4, -0.2) is 22.5 Å². The molecule has 4 nitrogen and oxygen atoms in total. The number of aryl methyl sites for hydroxylation is 2. The first-order chi connectivity index (χ1) is 24.3. The minimum atomic E-state index is -0.0978. The van der Waals surface area contributed by atoms with Crippen molar-refractivity contribution in [2.24, 2.45) is 5.92 Å². The number of ketones is 1. The van der Waals surface area contributed by atoms with Gasteiger partial charge >= 0.3 is 0 Å². The maximum absolute atomic E-state index is 12.8. The fraction of sp³-hybridized carbons (Fsp3) is 0.543. The molecule has 5 heteroatoms. The van der Waals surface area contributed by atoms with E-state index in [1.54, 1.807) is 12.1 Å². The predicted molar refractivity (Wildman–Crippen MR) is 227 cm³/mol. The van der Waals surface area contributed by atoms with E-state index in [1.165, 1.54) is 81.7 Å². The standard InChI is InChI=1S/C11H22.C10H9N.C9H11F.C4H10O.C3H6O.C3H8.C2H3N.C2H6.C2H2/c1-5-6-7-11(4)9-8-10(2)3;1-8-6-9-4-2-3-5-10(9)7-11-8;1-3-8-5-4-6-9(10)7(8)2;1-2-3-4-5;1-3(2)4;1-3-2;1-2-3;2*1-2/h11H,2,5-9H2,1,3-4H3;2-7H,1H3;4-6H,3H2,1-2H3;5H,2-4H2,1H3;1-2H3;3H2,1-2H3;1H3;1-2H3;1-2H. The molecule has 0 radical (unpaired) electrons. The summed E-state index contributed by atoms with van der Waals surface area (Å²) in [5.41, 5.74) is 4.28. The van der Waals surface area contributed by atoms with Crippen LogP contribution >= 0.6 is 0 Å². The van der Waals surface area contributed by atoms with Gasteiger partial charge < -0.3 is 9.90 Å². The second kappa shape index (κ2) is 48.3. The van der Waals surface area contributed by atoms with Gasteiger partial charge in [-0.2, -0.15) is 5.26 Å². The Balaban J connectivity index is -0.000000120. The van der Waals surface area contributed by atoms with Gasteiger partial charge in [0.1, 0.15) is 11.6 Å². The largest absolute Gasteiger partial charge is 0.396 e. The van der Waals surface area contributed by atoms with E-state index in [9.17, 15) is 9.18 Å². The zero-order chi connectivity index (χ0) is 41.0. The Morgan fingerprint density at radius 2 is 1.39 bits per heavy atom. The zero-order valence-electron chi connectivity index (χ0n) is 35.3. The molecule has 0 aliphatic heterocycles. The summed E-state index contributed by atoms with van der Waals surface area (Å²) in [6, 6.07) is 17.3. The Morgan fingerprint density at radius 3 is 1.76 bits per heavy atom. The van der Waals surface area contributed by atoms with Crippen molar-refractivity contribution in [1.82, 2.24) is 4.98 Å². The number of aliphatic hydroxyl groups excluding tert-OH is 1. The van der Waals surface area contributed by atoms with E-state index in [0.717, 1.165) is 42.0 Å². The lowest BCUT2D eigenvalue weighted by Gasteiger charge is -2.09. The Labute approximate surface area is 316 Å². The molecule has 1 aromatic heterocycles. The third kappa shape index (κ3) is 48.4. The fourth-order valence-corrected chi connectivity index (χ4v) is 3.58. The highest BCUT2D eigenvalue weighted by Gasteiger charge is 2.00. The van der Waals surface area contributed by atoms with Gasteiger partial charge in [0.05, 0.1) is 6.07 Å². The first kappa shape index (κ1) is 59.4. The molecule has 0 amide bonds. The second-order valence-electron chi connectivity index (χ2n) is 11.7. The van der Waals surface area contributed by atoms with Gasteiger partial charge in [-0.25, -0.2) is 4.39 Å². The average Bonchev–Trinajstić information content (AvgIpc) is 3.11. The molecule has 0 saturated carbocycles. The molecule has 0 bridgehead atoms. The van der Waals surface area contributed by atoms with Crippen molar-refractivity contribution >= 4 is 16.6 Å². The van der Waals surface area contributed by atoms with Crippen LogP contribution in [0.1, 0.15) is 151 Å². The van der Waals surface area contributed by atoms with Crippen LogP contribution in [0.25, 0.3) is 10.8 Å². The van der Waals surface area contributed by atoms with Crippen molar-refractivity contribution in [3.05, 3.63) is 89.5 Å². The van der Waals surface area contributed by atoms with E-state index in [0.29, 0.717) is 6.61 Å². The quantitative estimate of drug-likeness (QED) is 0.177. The van der Waals surface area contributed by atoms with Gasteiger partial charge in [0.15, 0.2) is 0 Å². The highest BCUT2D eigenvalue weighted by atomic mass is 19.1. The van der Waals surface area contributed by atoms with Crippen LogP contribution in [0.3, 0.4) is 0 Å². The van der Waals surface area contributed by atoms with Crippen LogP contribution in [0.5, 0.6) is 0 Å². The maximum atomic E-state index is 12.8. The molecule has 51 heavy (non-hydrogen) atoms. The van der Waals surface area contributed by atoms with Crippen LogP contribution in [0.2, 0.25) is 0 Å². The van der Waals surface area contributed by atoms with Crippen LogP contribution < -0.4 is 0 Å². The molecular weight excluding hydrogens is 632 g/mol. The molecule has 0 aliphatic carbocycles. The molecule has 1 unspecified atom stereocenters. The molecule has 1 atom stereocenters. The average molecular weight is 709 g/mol. The number of rotatable bonds is 9. The van der Waals surface area contributed by atoms with E-state index < -0.39 is 0 Å². The SMILES string of the molecule is C#C.C=C(C)CCC(C)CCCC.CC.CC#N.CC(C)=O.CCC.CCCCO.CCc1cccc(F)c1C.Cc1cc2ccccc2cn1. The minimum Gasteiger partial charge on any atom is -0.396 e. The second-order valence-corrected chi connectivity index (χ2v) is 11.7. The molecule has 1 N–H and O–H groups in total. The van der Waals surface area contributed by atoms with Gasteiger partial charge in [-0.3, -0.25) is 4.98 Å². The number of carbonyl (C=O) groups is 1. The number of unbranched alkanes of at least 4 members (excludes halogenated alkanes) is 2. The van der Waals surface area contributed by atoms with Gasteiger partial charge in [0.2, 0.25) is 0 Å². The van der Waals surface area contributed by atoms with E-state index in [-0.39, 0.29) is 11.6 Å². The number of terminal acetylenes is 1. The number of allylic oxidation sites excluding steroid dienone is 1. The molecule has 290 valence electrons. The van der Waals surface area contributed by atoms with E-state index in [2.05, 4.69) is 84.2 Å². The Kier molecular flexibility index (Phi) is 56.2. The number of Topliss-reactive ketones (excluding diaryl/α,β-unsaturated/α-hetero) is 1. The van der Waals surface area contributed by atoms with Crippen LogP contribution in [0, 0.1) is 49.8 Å². The molecule has 2 aromatic carbocycles. The number of pyridine rings is 1. The first-order valence-electron chi connectivity index (χ1n) is 18.7. The monoisotopic (exact) mass is 709 g/mol. The van der Waals surface area contributed by atoms with Crippen molar-refractivity contribution in [1.29, 1.82) is 5.26 Å². The molecule has 3 rings (SSSR count). The number of fused-ring (bicyclic) bond motifs is 1. The number of hydrogen-bond acceptors (Lipinski definition) is 4. The molecular formula is C46H77FN2O2. The number of carbonyl (C=O) groups excluding carboxylic acids is 1. The highest BCUT2D eigenvalue weighted by molar-refractivity contribution is 5.81. The van der Waals surface area contributed by atoms with Crippen molar-refractivity contribution in [3.63, 3.8) is 0 Å². The van der Waals surface area contributed by atoms with Crippen molar-refractivity contribution in [3.8, 4) is 18.9 Å². The van der Waals surface area contributed by atoms with Crippen molar-refractivity contribution < 1.29 is 14.3 Å². The smallest absolute Gasteiger partial charge is 0.126 e. The summed E-state index contributed by atoms with van der Waals surface area (Å²) in [4.78, 5) is 13.7. The number of hydrogen-bond donors (Lipinski definition) is 1. The predicted octanol–water partition coefficient (Wildman–Crippen LogP) is 14.0. The van der Waals surface area contributed by atoms with E-state index in [4.69, 9.17) is 10.4 Å². The van der Waals surface area contributed by atoms with Gasteiger partial charge in [0, 0.05) is 30.8 Å². The van der Waals surface area contributed by atoms with Gasteiger partial charge in [-0.05, 0) is 94.9 Å². The summed E-state index contributed by atoms with van der Waals surface area (Å²) < 4.78 is 12.8. The van der Waals surface area contributed by atoms with Crippen LogP contribution in [0.15, 0.2) is 66.9 Å². The van der Waals surface area contributed by atoms with Gasteiger partial charge in [-0.15, -0.1) is 19.4 Å². The van der Waals surface area contributed by atoms with Gasteiger partial charge in [-0.1, -0.05) is 129 Å². The summed E-state index contributed by atoms with van der Waals surface area (Å²) in [5.74, 6) is 0.964. The summed E-state index contributed by atoms with van der Waals surface area (Å²) in [6.45, 7) is 31.6. The fourth-order valence-electron chi connectivity index (χ4n) is 3.58. The van der Waals surface area contributed by atoms with E-state index in [1.807, 2.05) is 59.0 Å². The minimum absolute atomic E-state index is 0.0978. The highest BCUT2D eigenvalue weighted by Crippen LogP contribution is 2.16. The summed E-state index contributed by atoms with van der Waals surface area (Å²) >= 11 is 0. The van der Waals surface area contributed by atoms with Gasteiger partial charge in [0.25, 0.3) is 0 Å². The normalized spacial score (nSPS) is 8.96. The van der Waals surface area contributed by atoms with Crippen LogP contribution in [-0.2, 0) is 11.2 Å². The first-order valence-corrected chi connectivity index (χ1v) is 18.7. The third-order valence-corrected chi connectivity index (χ3v) is 6.15. The molecule has 0 saturated heterocycles. The number of benzene rings is 2. The van der Waals surface area contributed by atoms with Crippen molar-refractivity contribution in [2.45, 2.75) is 155 Å². The molecule has 0 fully saturated rings. The molecule has 0 spiro atoms. The number of aromatic nitrogens is 1. The third-order valence-electron chi connectivity index (χ3n) is 6.15. The van der Waals surface area contributed by atoms with Crippen LogP contribution in [0.4, 0.5) is 4.39 Å². The van der Waals surface area contributed by atoms with E-state index >= 15 is 0 Å². The lowest BCUT2D eigenvalue weighted by atomic mass is 9.97. The summed E-state index contributed by atoms with van der Waals surface area (Å²) in [5, 5.41) is 17.9. The molecule has 3 aromatic rings. The van der Waals surface area contributed by atoms with Crippen molar-refractivity contribution in [2.75, 3.05) is 6.61 Å². The number of aliphatic hydroxyl groups is 1. The maximum Gasteiger partial charge on any atom is 0.126 e. The lowest BCUT2D eigenvalue weighted by Crippen LogP contribution is -1.94. The lowest BCUT2D eigenvalue weighted by molar-refractivity contribution is -0.115. The summed E-state index contributed by atoms with van der Waals surface area (Å²) in [6.07, 6.45) is 20.8. The topological polar surface area (TPSA) is 74.0 Å². The number of halogens is 1. The zero-order valence-corrected chi connectivity index (χ0v) is 35.3. The Bertz CT molecular complexity index is 1240. The number of nitrogens with zero attached hydrogens (tertiary/aromatic N) is 2. The number of nitriles is 1. The summed E-state index contributed by atoms with van der Waals surface area (Å²) in [7, 11) is 0. The Morgan fingerprint density at radius 1 is 0.922 bits per heavy atom.